The van der Waals surface area contributed by atoms with Gasteiger partial charge in [0.25, 0.3) is 0 Å². The molecule has 0 aliphatic heterocycles. The fourth-order valence-corrected chi connectivity index (χ4v) is 2.59. The van der Waals surface area contributed by atoms with Crippen LogP contribution in [0.4, 0.5) is 0 Å². The third kappa shape index (κ3) is 4.81. The van der Waals surface area contributed by atoms with Gasteiger partial charge in [0.1, 0.15) is 23.3 Å². The summed E-state index contributed by atoms with van der Waals surface area (Å²) in [7, 11) is 4.54. The molecule has 122 valence electrons. The number of hydrogen-bond acceptors (Lipinski definition) is 7. The van der Waals surface area contributed by atoms with E-state index < -0.39 is 12.0 Å². The highest BCUT2D eigenvalue weighted by Crippen LogP contribution is 2.36. The van der Waals surface area contributed by atoms with Crippen LogP contribution in [0.3, 0.4) is 0 Å². The number of carboxylic acid groups (broad SMARTS) is 1. The molecule has 22 heavy (non-hydrogen) atoms. The van der Waals surface area contributed by atoms with E-state index in [-0.39, 0.29) is 17.3 Å². The molecule has 0 saturated heterocycles. The molecule has 1 rings (SSSR count). The molecule has 0 heterocycles. The number of carboxylic acids is 1. The molecular weight excluding hydrogens is 310 g/mol. The molecule has 1 aromatic rings. The van der Waals surface area contributed by atoms with E-state index in [4.69, 9.17) is 25.1 Å². The van der Waals surface area contributed by atoms with Gasteiger partial charge in [0.15, 0.2) is 5.12 Å². The molecule has 0 aliphatic carbocycles. The SMILES string of the molecule is COc1cc(OC)c(CSC(=O)C[C@H](N)C(=O)O)c(OC)c1. The monoisotopic (exact) mass is 329 g/mol. The molecule has 0 spiro atoms. The maximum atomic E-state index is 11.8. The molecule has 0 fully saturated rings. The van der Waals surface area contributed by atoms with Crippen molar-refractivity contribution in [3.8, 4) is 17.2 Å². The predicted molar refractivity (Wildman–Crippen MR) is 82.6 cm³/mol. The van der Waals surface area contributed by atoms with Crippen molar-refractivity contribution in [1.29, 1.82) is 0 Å². The minimum Gasteiger partial charge on any atom is -0.496 e. The second kappa shape index (κ2) is 8.50. The van der Waals surface area contributed by atoms with Gasteiger partial charge in [0.2, 0.25) is 0 Å². The van der Waals surface area contributed by atoms with E-state index in [1.54, 1.807) is 12.1 Å². The van der Waals surface area contributed by atoms with E-state index in [9.17, 15) is 9.59 Å². The predicted octanol–water partition coefficient (Wildman–Crippen LogP) is 1.27. The Balaban J connectivity index is 2.84. The summed E-state index contributed by atoms with van der Waals surface area (Å²) in [5.74, 6) is 0.704. The molecule has 8 heteroatoms. The van der Waals surface area contributed by atoms with E-state index in [1.807, 2.05) is 0 Å². The lowest BCUT2D eigenvalue weighted by Gasteiger charge is -2.14. The number of hydrogen-bond donors (Lipinski definition) is 2. The fraction of sp³-hybridized carbons (Fsp3) is 0.429. The van der Waals surface area contributed by atoms with Gasteiger partial charge in [-0.1, -0.05) is 11.8 Å². The first kappa shape index (κ1) is 18.1. The zero-order chi connectivity index (χ0) is 16.7. The van der Waals surface area contributed by atoms with Crippen molar-refractivity contribution in [3.05, 3.63) is 17.7 Å². The van der Waals surface area contributed by atoms with Gasteiger partial charge in [-0.2, -0.15) is 0 Å². The average Bonchev–Trinajstić information content (AvgIpc) is 2.51. The van der Waals surface area contributed by atoms with Gasteiger partial charge < -0.3 is 25.1 Å². The number of benzene rings is 1. The Morgan fingerprint density at radius 1 is 1.18 bits per heavy atom. The Hall–Kier alpha value is -1.93. The molecule has 0 radical (unpaired) electrons. The first-order chi connectivity index (χ1) is 10.4. The van der Waals surface area contributed by atoms with Crippen molar-refractivity contribution in [2.75, 3.05) is 21.3 Å². The van der Waals surface area contributed by atoms with Crippen LogP contribution in [0.15, 0.2) is 12.1 Å². The summed E-state index contributed by atoms with van der Waals surface area (Å²) in [6, 6.07) is 2.18. The van der Waals surface area contributed by atoms with E-state index in [0.717, 1.165) is 11.8 Å². The molecule has 0 unspecified atom stereocenters. The van der Waals surface area contributed by atoms with Gasteiger partial charge in [-0.25, -0.2) is 0 Å². The van der Waals surface area contributed by atoms with Crippen molar-refractivity contribution in [2.45, 2.75) is 18.2 Å². The third-order valence-corrected chi connectivity index (χ3v) is 3.82. The Labute approximate surface area is 132 Å². The Morgan fingerprint density at radius 2 is 1.73 bits per heavy atom. The normalized spacial score (nSPS) is 11.6. The maximum Gasteiger partial charge on any atom is 0.320 e. The largest absolute Gasteiger partial charge is 0.496 e. The molecule has 3 N–H and O–H groups in total. The lowest BCUT2D eigenvalue weighted by atomic mass is 10.2. The lowest BCUT2D eigenvalue weighted by Crippen LogP contribution is -2.31. The summed E-state index contributed by atoms with van der Waals surface area (Å²) in [5.41, 5.74) is 6.02. The maximum absolute atomic E-state index is 11.8. The van der Waals surface area contributed by atoms with Gasteiger partial charge in [0.05, 0.1) is 21.3 Å². The molecule has 0 bridgehead atoms. The number of aliphatic carboxylic acids is 1. The number of ether oxygens (including phenoxy) is 3. The number of methoxy groups -OCH3 is 3. The Kier molecular flexibility index (Phi) is 7.00. The molecule has 7 nitrogen and oxygen atoms in total. The van der Waals surface area contributed by atoms with Crippen LogP contribution in [0.1, 0.15) is 12.0 Å². The molecule has 0 amide bonds. The second-order valence-corrected chi connectivity index (χ2v) is 5.35. The van der Waals surface area contributed by atoms with Gasteiger partial charge >= 0.3 is 5.97 Å². The highest BCUT2D eigenvalue weighted by molar-refractivity contribution is 8.12. The Morgan fingerprint density at radius 3 is 2.14 bits per heavy atom. The van der Waals surface area contributed by atoms with Crippen LogP contribution in [-0.4, -0.2) is 43.6 Å². The average molecular weight is 329 g/mol. The van der Waals surface area contributed by atoms with Crippen molar-refractivity contribution in [1.82, 2.24) is 0 Å². The molecular formula is C14H19NO6S. The fourth-order valence-electron chi connectivity index (χ4n) is 1.70. The standard InChI is InChI=1S/C14H19NO6S/c1-19-8-4-11(20-2)9(12(5-8)21-3)7-22-13(16)6-10(15)14(17)18/h4-5,10H,6-7,15H2,1-3H3,(H,17,18)/t10-/m0/s1. The number of rotatable bonds is 8. The van der Waals surface area contributed by atoms with E-state index in [0.29, 0.717) is 22.8 Å². The quantitative estimate of drug-likeness (QED) is 0.734. The van der Waals surface area contributed by atoms with E-state index in [2.05, 4.69) is 0 Å². The number of carbonyl (C=O) groups is 2. The molecule has 1 atom stereocenters. The van der Waals surface area contributed by atoms with Crippen LogP contribution in [0.2, 0.25) is 0 Å². The summed E-state index contributed by atoms with van der Waals surface area (Å²) in [6.45, 7) is 0. The summed E-state index contributed by atoms with van der Waals surface area (Å²) in [4.78, 5) is 22.4. The molecule has 0 aromatic heterocycles. The summed E-state index contributed by atoms with van der Waals surface area (Å²) < 4.78 is 15.7. The van der Waals surface area contributed by atoms with Crippen LogP contribution in [0, 0.1) is 0 Å². The minimum atomic E-state index is -1.20. The number of carbonyl (C=O) groups excluding carboxylic acids is 1. The van der Waals surface area contributed by atoms with Crippen LogP contribution < -0.4 is 19.9 Å². The second-order valence-electron chi connectivity index (χ2n) is 4.32. The van der Waals surface area contributed by atoms with Crippen LogP contribution in [-0.2, 0) is 15.3 Å². The minimum absolute atomic E-state index is 0.235. The molecule has 0 saturated carbocycles. The molecule has 1 aromatic carbocycles. The van der Waals surface area contributed by atoms with Crippen molar-refractivity contribution >= 4 is 22.8 Å². The summed E-state index contributed by atoms with van der Waals surface area (Å²) in [6.07, 6.45) is -0.235. The van der Waals surface area contributed by atoms with Crippen LogP contribution in [0.25, 0.3) is 0 Å². The summed E-state index contributed by atoms with van der Waals surface area (Å²) >= 11 is 0.965. The van der Waals surface area contributed by atoms with E-state index in [1.165, 1.54) is 21.3 Å². The third-order valence-electron chi connectivity index (χ3n) is 2.90. The van der Waals surface area contributed by atoms with Gasteiger partial charge in [-0.05, 0) is 0 Å². The van der Waals surface area contributed by atoms with Gasteiger partial charge in [-0.3, -0.25) is 9.59 Å². The van der Waals surface area contributed by atoms with Crippen molar-refractivity contribution < 1.29 is 28.9 Å². The zero-order valence-corrected chi connectivity index (χ0v) is 13.4. The molecule has 0 aliphatic rings. The topological polar surface area (TPSA) is 108 Å². The highest BCUT2D eigenvalue weighted by Gasteiger charge is 2.19. The lowest BCUT2D eigenvalue weighted by molar-refractivity contribution is -0.139. The zero-order valence-electron chi connectivity index (χ0n) is 12.6. The van der Waals surface area contributed by atoms with Gasteiger partial charge in [-0.15, -0.1) is 0 Å². The first-order valence-corrected chi connectivity index (χ1v) is 7.34. The highest BCUT2D eigenvalue weighted by atomic mass is 32.2. The van der Waals surface area contributed by atoms with Crippen molar-refractivity contribution in [2.24, 2.45) is 5.73 Å². The van der Waals surface area contributed by atoms with E-state index >= 15 is 0 Å². The van der Waals surface area contributed by atoms with Gasteiger partial charge in [0, 0.05) is 29.9 Å². The number of thioether (sulfide) groups is 1. The number of nitrogens with two attached hydrogens (primary N) is 1. The summed E-state index contributed by atoms with van der Waals surface area (Å²) in [5, 5.41) is 8.39. The van der Waals surface area contributed by atoms with Crippen molar-refractivity contribution in [3.63, 3.8) is 0 Å². The van der Waals surface area contributed by atoms with Crippen LogP contribution in [0.5, 0.6) is 17.2 Å². The first-order valence-electron chi connectivity index (χ1n) is 6.35. The Bertz CT molecular complexity index is 523. The van der Waals surface area contributed by atoms with Crippen LogP contribution >= 0.6 is 11.8 Å². The smallest absolute Gasteiger partial charge is 0.320 e.